The van der Waals surface area contributed by atoms with Crippen LogP contribution < -0.4 is 11.1 Å². The Balaban J connectivity index is 1.47. The lowest BCUT2D eigenvalue weighted by Crippen LogP contribution is -2.64. The molecule has 1 aliphatic rings. The largest absolute Gasteiger partial charge is 0.368 e. The second kappa shape index (κ2) is 9.50. The number of nitrogens with one attached hydrogen (secondary N) is 1. The van der Waals surface area contributed by atoms with E-state index in [1.807, 2.05) is 24.3 Å². The SMILES string of the molecule is NC(=O)[C@H]1[C@@H](Cc2ccc3ccccc3c2)NCCN1C(=O)[CH]Cc1ccc(Cl)cc1. The first-order chi connectivity index (χ1) is 15.0. The topological polar surface area (TPSA) is 75.4 Å². The van der Waals surface area contributed by atoms with Gasteiger partial charge in [0.05, 0.1) is 6.42 Å². The summed E-state index contributed by atoms with van der Waals surface area (Å²) in [5, 5.41) is 6.36. The molecule has 1 radical (unpaired) electrons. The van der Waals surface area contributed by atoms with Crippen molar-refractivity contribution in [2.75, 3.05) is 13.1 Å². The van der Waals surface area contributed by atoms with Gasteiger partial charge in [-0.2, -0.15) is 0 Å². The first kappa shape index (κ1) is 21.3. The van der Waals surface area contributed by atoms with Crippen molar-refractivity contribution in [1.29, 1.82) is 0 Å². The standard InChI is InChI=1S/C25H25ClN3O2/c26-21-10-6-17(7-11-21)8-12-23(30)29-14-13-28-22(24(29)25(27)31)16-18-5-9-19-3-1-2-4-20(19)15-18/h1-7,9-12,15,22,24,28H,8,13-14,16H2,(H2,27,31)/t22-,24-/m1/s1. The molecule has 2 atom stereocenters. The number of nitrogens with zero attached hydrogens (tertiary/aromatic N) is 1. The molecular formula is C25H25ClN3O2. The molecule has 3 aromatic rings. The van der Waals surface area contributed by atoms with Crippen LogP contribution in [-0.2, 0) is 22.4 Å². The van der Waals surface area contributed by atoms with Crippen LogP contribution in [0.15, 0.2) is 66.7 Å². The number of rotatable bonds is 6. The van der Waals surface area contributed by atoms with Gasteiger partial charge in [-0.3, -0.25) is 9.59 Å². The Morgan fingerprint density at radius 3 is 2.48 bits per heavy atom. The second-order valence-electron chi connectivity index (χ2n) is 7.86. The van der Waals surface area contributed by atoms with Gasteiger partial charge in [-0.05, 0) is 46.9 Å². The third-order valence-corrected chi connectivity index (χ3v) is 6.00. The van der Waals surface area contributed by atoms with E-state index >= 15 is 0 Å². The summed E-state index contributed by atoms with van der Waals surface area (Å²) in [5.41, 5.74) is 7.83. The highest BCUT2D eigenvalue weighted by Crippen LogP contribution is 2.20. The van der Waals surface area contributed by atoms with Crippen molar-refractivity contribution in [3.63, 3.8) is 0 Å². The van der Waals surface area contributed by atoms with Gasteiger partial charge in [0.1, 0.15) is 6.04 Å². The Bertz CT molecular complexity index is 1080. The van der Waals surface area contributed by atoms with Crippen LogP contribution in [-0.4, -0.2) is 41.9 Å². The van der Waals surface area contributed by atoms with Crippen LogP contribution in [0.2, 0.25) is 5.02 Å². The Kier molecular flexibility index (Phi) is 6.54. The molecule has 0 aliphatic carbocycles. The predicted molar refractivity (Wildman–Crippen MR) is 124 cm³/mol. The van der Waals surface area contributed by atoms with E-state index in [9.17, 15) is 9.59 Å². The smallest absolute Gasteiger partial charge is 0.241 e. The van der Waals surface area contributed by atoms with Crippen LogP contribution in [0.1, 0.15) is 11.1 Å². The molecule has 1 heterocycles. The lowest BCUT2D eigenvalue weighted by atomic mass is 9.93. The number of benzene rings is 3. The first-order valence-electron chi connectivity index (χ1n) is 10.4. The molecule has 5 nitrogen and oxygen atoms in total. The maximum Gasteiger partial charge on any atom is 0.241 e. The van der Waals surface area contributed by atoms with Gasteiger partial charge in [0, 0.05) is 24.2 Å². The zero-order valence-electron chi connectivity index (χ0n) is 17.1. The van der Waals surface area contributed by atoms with Crippen molar-refractivity contribution in [2.45, 2.75) is 24.9 Å². The molecule has 159 valence electrons. The maximum absolute atomic E-state index is 12.9. The molecule has 2 amide bonds. The van der Waals surface area contributed by atoms with Gasteiger partial charge < -0.3 is 16.0 Å². The van der Waals surface area contributed by atoms with Crippen molar-refractivity contribution in [1.82, 2.24) is 10.2 Å². The van der Waals surface area contributed by atoms with E-state index < -0.39 is 11.9 Å². The van der Waals surface area contributed by atoms with Gasteiger partial charge in [0.2, 0.25) is 11.8 Å². The molecule has 0 spiro atoms. The van der Waals surface area contributed by atoms with Crippen LogP contribution in [0.3, 0.4) is 0 Å². The van der Waals surface area contributed by atoms with E-state index in [2.05, 4.69) is 35.6 Å². The monoisotopic (exact) mass is 434 g/mol. The minimum absolute atomic E-state index is 0.177. The fraction of sp³-hybridized carbons (Fsp3) is 0.240. The molecule has 0 bridgehead atoms. The van der Waals surface area contributed by atoms with Crippen LogP contribution >= 0.6 is 11.6 Å². The van der Waals surface area contributed by atoms with Crippen LogP contribution in [0.4, 0.5) is 0 Å². The molecule has 4 rings (SSSR count). The van der Waals surface area contributed by atoms with Crippen molar-refractivity contribution in [3.05, 3.63) is 89.3 Å². The van der Waals surface area contributed by atoms with Crippen molar-refractivity contribution in [3.8, 4) is 0 Å². The number of halogens is 1. The Labute approximate surface area is 187 Å². The molecule has 31 heavy (non-hydrogen) atoms. The highest BCUT2D eigenvalue weighted by Gasteiger charge is 2.37. The van der Waals surface area contributed by atoms with E-state index in [0.717, 1.165) is 16.5 Å². The van der Waals surface area contributed by atoms with Crippen LogP contribution in [0.25, 0.3) is 10.8 Å². The third-order valence-electron chi connectivity index (χ3n) is 5.75. The number of carbonyl (C=O) groups is 2. The summed E-state index contributed by atoms with van der Waals surface area (Å²) in [5.74, 6) is -0.671. The summed E-state index contributed by atoms with van der Waals surface area (Å²) in [6.07, 6.45) is 2.69. The number of primary amides is 1. The lowest BCUT2D eigenvalue weighted by Gasteiger charge is -2.40. The number of piperazine rings is 1. The summed E-state index contributed by atoms with van der Waals surface area (Å²) < 4.78 is 0. The highest BCUT2D eigenvalue weighted by atomic mass is 35.5. The molecule has 0 saturated carbocycles. The minimum Gasteiger partial charge on any atom is -0.368 e. The van der Waals surface area contributed by atoms with E-state index in [0.29, 0.717) is 31.0 Å². The van der Waals surface area contributed by atoms with Gasteiger partial charge in [-0.1, -0.05) is 66.2 Å². The third kappa shape index (κ3) is 5.06. The number of hydrogen-bond acceptors (Lipinski definition) is 3. The number of carbonyl (C=O) groups excluding carboxylic acids is 2. The number of hydrogen-bond donors (Lipinski definition) is 2. The predicted octanol–water partition coefficient (Wildman–Crippen LogP) is 3.14. The molecule has 0 aromatic heterocycles. The second-order valence-corrected chi connectivity index (χ2v) is 8.30. The van der Waals surface area contributed by atoms with E-state index in [1.165, 1.54) is 5.39 Å². The average Bonchev–Trinajstić information content (AvgIpc) is 2.78. The van der Waals surface area contributed by atoms with Gasteiger partial charge in [0.25, 0.3) is 0 Å². The van der Waals surface area contributed by atoms with E-state index in [1.54, 1.807) is 23.5 Å². The average molecular weight is 435 g/mol. The lowest BCUT2D eigenvalue weighted by molar-refractivity contribution is -0.139. The van der Waals surface area contributed by atoms with E-state index in [-0.39, 0.29) is 11.9 Å². The van der Waals surface area contributed by atoms with E-state index in [4.69, 9.17) is 17.3 Å². The number of amides is 2. The molecule has 3 N–H and O–H groups in total. The van der Waals surface area contributed by atoms with Crippen LogP contribution in [0, 0.1) is 6.42 Å². The molecule has 6 heteroatoms. The first-order valence-corrected chi connectivity index (χ1v) is 10.8. The number of nitrogens with two attached hydrogens (primary N) is 1. The molecule has 0 unspecified atom stereocenters. The van der Waals surface area contributed by atoms with Crippen molar-refractivity contribution >= 4 is 34.2 Å². The summed E-state index contributed by atoms with van der Waals surface area (Å²) in [6, 6.07) is 20.9. The van der Waals surface area contributed by atoms with Crippen molar-refractivity contribution < 1.29 is 9.59 Å². The Morgan fingerprint density at radius 2 is 1.74 bits per heavy atom. The summed E-state index contributed by atoms with van der Waals surface area (Å²) in [6.45, 7) is 1.06. The maximum atomic E-state index is 12.9. The Hall–Kier alpha value is -2.89. The number of fused-ring (bicyclic) bond motifs is 1. The van der Waals surface area contributed by atoms with Gasteiger partial charge in [-0.15, -0.1) is 0 Å². The van der Waals surface area contributed by atoms with Gasteiger partial charge in [-0.25, -0.2) is 0 Å². The zero-order valence-corrected chi connectivity index (χ0v) is 17.9. The molecule has 1 aliphatic heterocycles. The highest BCUT2D eigenvalue weighted by molar-refractivity contribution is 6.30. The minimum atomic E-state index is -0.700. The van der Waals surface area contributed by atoms with Gasteiger partial charge in [0.15, 0.2) is 0 Å². The Morgan fingerprint density at radius 1 is 1.03 bits per heavy atom. The normalized spacial score (nSPS) is 18.8. The quantitative estimate of drug-likeness (QED) is 0.625. The molecule has 1 saturated heterocycles. The van der Waals surface area contributed by atoms with Crippen molar-refractivity contribution in [2.24, 2.45) is 5.73 Å². The molecule has 3 aromatic carbocycles. The molecular weight excluding hydrogens is 410 g/mol. The molecule has 1 fully saturated rings. The summed E-state index contributed by atoms with van der Waals surface area (Å²) in [7, 11) is 0. The fourth-order valence-electron chi connectivity index (χ4n) is 4.18. The van der Waals surface area contributed by atoms with Crippen LogP contribution in [0.5, 0.6) is 0 Å². The zero-order chi connectivity index (χ0) is 21.8. The fourth-order valence-corrected chi connectivity index (χ4v) is 4.31. The van der Waals surface area contributed by atoms with Gasteiger partial charge >= 0.3 is 0 Å². The summed E-state index contributed by atoms with van der Waals surface area (Å²) in [4.78, 5) is 26.9. The summed E-state index contributed by atoms with van der Waals surface area (Å²) >= 11 is 5.92.